The first-order valence-corrected chi connectivity index (χ1v) is 5.93. The van der Waals surface area contributed by atoms with Crippen molar-refractivity contribution >= 4 is 5.69 Å². The topological polar surface area (TPSA) is 61.0 Å². The van der Waals surface area contributed by atoms with Gasteiger partial charge in [-0.25, -0.2) is 4.98 Å². The number of benzene rings is 1. The van der Waals surface area contributed by atoms with Crippen molar-refractivity contribution in [3.05, 3.63) is 46.4 Å². The molecule has 1 saturated carbocycles. The van der Waals surface area contributed by atoms with Crippen LogP contribution in [0.3, 0.4) is 0 Å². The number of nitro benzene ring substituents is 1. The third-order valence-electron chi connectivity index (χ3n) is 3.21. The van der Waals surface area contributed by atoms with E-state index in [1.54, 1.807) is 12.1 Å². The van der Waals surface area contributed by atoms with Gasteiger partial charge in [-0.2, -0.15) is 0 Å². The third-order valence-corrected chi connectivity index (χ3v) is 3.21. The first kappa shape index (κ1) is 11.0. The number of aromatic nitrogens is 2. The zero-order chi connectivity index (χ0) is 12.7. The van der Waals surface area contributed by atoms with Crippen LogP contribution in [0.15, 0.2) is 30.5 Å². The number of imidazole rings is 1. The SMILES string of the molecule is Cn1cc(-c2cccc([N+](=O)[O-])c2)nc1C1CC1. The fourth-order valence-corrected chi connectivity index (χ4v) is 2.12. The van der Waals surface area contributed by atoms with E-state index in [0.29, 0.717) is 5.92 Å². The predicted octanol–water partition coefficient (Wildman–Crippen LogP) is 2.87. The van der Waals surface area contributed by atoms with E-state index < -0.39 is 0 Å². The second-order valence-corrected chi connectivity index (χ2v) is 4.68. The Morgan fingerprint density at radius 3 is 2.89 bits per heavy atom. The maximum absolute atomic E-state index is 10.8. The molecule has 0 radical (unpaired) electrons. The molecule has 0 spiro atoms. The molecule has 92 valence electrons. The minimum Gasteiger partial charge on any atom is -0.337 e. The number of nitro groups is 1. The Balaban J connectivity index is 2.01. The van der Waals surface area contributed by atoms with E-state index in [0.717, 1.165) is 17.1 Å². The summed E-state index contributed by atoms with van der Waals surface area (Å²) >= 11 is 0. The van der Waals surface area contributed by atoms with E-state index in [1.165, 1.54) is 18.9 Å². The van der Waals surface area contributed by atoms with Crippen molar-refractivity contribution in [2.24, 2.45) is 7.05 Å². The summed E-state index contributed by atoms with van der Waals surface area (Å²) in [4.78, 5) is 15.0. The molecular formula is C13H13N3O2. The van der Waals surface area contributed by atoms with Gasteiger partial charge in [0.25, 0.3) is 5.69 Å². The molecule has 5 nitrogen and oxygen atoms in total. The molecule has 1 fully saturated rings. The zero-order valence-corrected chi connectivity index (χ0v) is 10.0. The molecule has 0 aliphatic heterocycles. The molecule has 5 heteroatoms. The van der Waals surface area contributed by atoms with Crippen molar-refractivity contribution < 1.29 is 4.92 Å². The van der Waals surface area contributed by atoms with Crippen molar-refractivity contribution in [2.75, 3.05) is 0 Å². The van der Waals surface area contributed by atoms with Crippen LogP contribution < -0.4 is 0 Å². The van der Waals surface area contributed by atoms with Gasteiger partial charge in [0.1, 0.15) is 5.82 Å². The summed E-state index contributed by atoms with van der Waals surface area (Å²) in [6.07, 6.45) is 4.32. The Morgan fingerprint density at radius 1 is 1.44 bits per heavy atom. The minimum absolute atomic E-state index is 0.103. The van der Waals surface area contributed by atoms with E-state index >= 15 is 0 Å². The van der Waals surface area contributed by atoms with E-state index in [9.17, 15) is 10.1 Å². The Bertz CT molecular complexity index is 614. The van der Waals surface area contributed by atoms with Crippen LogP contribution in [-0.4, -0.2) is 14.5 Å². The number of rotatable bonds is 3. The van der Waals surface area contributed by atoms with Crippen LogP contribution in [0.5, 0.6) is 0 Å². The van der Waals surface area contributed by atoms with Gasteiger partial charge in [0.15, 0.2) is 0 Å². The molecule has 1 heterocycles. The molecular weight excluding hydrogens is 230 g/mol. The number of hydrogen-bond donors (Lipinski definition) is 0. The normalized spacial score (nSPS) is 14.7. The van der Waals surface area contributed by atoms with Crippen molar-refractivity contribution in [3.63, 3.8) is 0 Å². The summed E-state index contributed by atoms with van der Waals surface area (Å²) in [5, 5.41) is 10.8. The lowest BCUT2D eigenvalue weighted by atomic mass is 10.1. The minimum atomic E-state index is -0.381. The summed E-state index contributed by atoms with van der Waals surface area (Å²) in [5.41, 5.74) is 1.71. The quantitative estimate of drug-likeness (QED) is 0.615. The van der Waals surface area contributed by atoms with E-state index in [-0.39, 0.29) is 10.6 Å². The highest BCUT2D eigenvalue weighted by molar-refractivity contribution is 5.62. The Hall–Kier alpha value is -2.17. The summed E-state index contributed by atoms with van der Waals surface area (Å²) in [6.45, 7) is 0. The van der Waals surface area contributed by atoms with Crippen LogP contribution in [0, 0.1) is 10.1 Å². The zero-order valence-electron chi connectivity index (χ0n) is 10.0. The summed E-state index contributed by atoms with van der Waals surface area (Å²) in [6, 6.07) is 6.61. The van der Waals surface area contributed by atoms with Crippen LogP contribution in [-0.2, 0) is 7.05 Å². The second-order valence-electron chi connectivity index (χ2n) is 4.68. The van der Waals surface area contributed by atoms with Gasteiger partial charge in [0, 0.05) is 36.9 Å². The first-order valence-electron chi connectivity index (χ1n) is 5.93. The Morgan fingerprint density at radius 2 is 2.22 bits per heavy atom. The van der Waals surface area contributed by atoms with Crippen LogP contribution in [0.2, 0.25) is 0 Å². The van der Waals surface area contributed by atoms with Crippen LogP contribution >= 0.6 is 0 Å². The predicted molar refractivity (Wildman–Crippen MR) is 67.3 cm³/mol. The highest BCUT2D eigenvalue weighted by atomic mass is 16.6. The number of nitrogens with zero attached hydrogens (tertiary/aromatic N) is 3. The molecule has 1 aromatic carbocycles. The second kappa shape index (κ2) is 3.94. The van der Waals surface area contributed by atoms with E-state index in [2.05, 4.69) is 4.98 Å². The van der Waals surface area contributed by atoms with Crippen molar-refractivity contribution in [1.29, 1.82) is 0 Å². The van der Waals surface area contributed by atoms with E-state index in [4.69, 9.17) is 0 Å². The third kappa shape index (κ3) is 1.88. The average molecular weight is 243 g/mol. The van der Waals surface area contributed by atoms with Crippen molar-refractivity contribution in [2.45, 2.75) is 18.8 Å². The van der Waals surface area contributed by atoms with Gasteiger partial charge >= 0.3 is 0 Å². The molecule has 0 bridgehead atoms. The van der Waals surface area contributed by atoms with Crippen molar-refractivity contribution in [1.82, 2.24) is 9.55 Å². The maximum Gasteiger partial charge on any atom is 0.270 e. The number of non-ortho nitro benzene ring substituents is 1. The maximum atomic E-state index is 10.8. The van der Waals surface area contributed by atoms with Gasteiger partial charge in [-0.15, -0.1) is 0 Å². The highest BCUT2D eigenvalue weighted by Gasteiger charge is 2.28. The van der Waals surface area contributed by atoms with Gasteiger partial charge in [-0.05, 0) is 12.8 Å². The highest BCUT2D eigenvalue weighted by Crippen LogP contribution is 2.40. The lowest BCUT2D eigenvalue weighted by Gasteiger charge is -1.96. The lowest BCUT2D eigenvalue weighted by molar-refractivity contribution is -0.384. The monoisotopic (exact) mass is 243 g/mol. The number of hydrogen-bond acceptors (Lipinski definition) is 3. The largest absolute Gasteiger partial charge is 0.337 e. The van der Waals surface area contributed by atoms with E-state index in [1.807, 2.05) is 23.9 Å². The van der Waals surface area contributed by atoms with Gasteiger partial charge < -0.3 is 4.57 Å². The molecule has 1 aliphatic rings. The van der Waals surface area contributed by atoms with Gasteiger partial charge in [0.2, 0.25) is 0 Å². The first-order chi connectivity index (χ1) is 8.65. The van der Waals surface area contributed by atoms with Crippen molar-refractivity contribution in [3.8, 4) is 11.3 Å². The van der Waals surface area contributed by atoms with Crippen LogP contribution in [0.1, 0.15) is 24.6 Å². The van der Waals surface area contributed by atoms with Crippen LogP contribution in [0.25, 0.3) is 11.3 Å². The summed E-state index contributed by atoms with van der Waals surface area (Å²) in [5.74, 6) is 1.65. The fourth-order valence-electron chi connectivity index (χ4n) is 2.12. The molecule has 0 amide bonds. The average Bonchev–Trinajstić information content (AvgIpc) is 3.13. The van der Waals surface area contributed by atoms with Gasteiger partial charge in [-0.3, -0.25) is 10.1 Å². The molecule has 0 atom stereocenters. The van der Waals surface area contributed by atoms with Gasteiger partial charge in [0.05, 0.1) is 10.6 Å². The standard InChI is InChI=1S/C13H13N3O2/c1-15-8-12(14-13(15)9-5-6-9)10-3-2-4-11(7-10)16(17)18/h2-4,7-9H,5-6H2,1H3. The molecule has 2 aromatic rings. The Kier molecular flexibility index (Phi) is 2.40. The smallest absolute Gasteiger partial charge is 0.270 e. The number of aryl methyl sites for hydroxylation is 1. The molecule has 0 saturated heterocycles. The fraction of sp³-hybridized carbons (Fsp3) is 0.308. The van der Waals surface area contributed by atoms with Gasteiger partial charge in [-0.1, -0.05) is 12.1 Å². The Labute approximate surface area is 104 Å². The molecule has 0 unspecified atom stereocenters. The lowest BCUT2D eigenvalue weighted by Crippen LogP contribution is -1.93. The molecule has 1 aliphatic carbocycles. The van der Waals surface area contributed by atoms with Crippen LogP contribution in [0.4, 0.5) is 5.69 Å². The summed E-state index contributed by atoms with van der Waals surface area (Å²) in [7, 11) is 1.97. The molecule has 18 heavy (non-hydrogen) atoms. The molecule has 3 rings (SSSR count). The molecule has 0 N–H and O–H groups in total. The molecule has 1 aromatic heterocycles. The summed E-state index contributed by atoms with van der Waals surface area (Å²) < 4.78 is 2.02.